The number of ether oxygens (including phenoxy) is 1. The van der Waals surface area contributed by atoms with Gasteiger partial charge in [0.15, 0.2) is 5.96 Å². The molecular formula is C22H33ClN6O2. The summed E-state index contributed by atoms with van der Waals surface area (Å²) in [5.41, 5.74) is 2.32. The van der Waals surface area contributed by atoms with Crippen molar-refractivity contribution in [2.75, 3.05) is 66.1 Å². The molecule has 170 valence electrons. The molecule has 0 spiro atoms. The maximum atomic E-state index is 12.0. The van der Waals surface area contributed by atoms with Crippen LogP contribution in [-0.2, 0) is 16.0 Å². The second-order valence-corrected chi connectivity index (χ2v) is 8.03. The lowest BCUT2D eigenvalue weighted by atomic mass is 10.1. The van der Waals surface area contributed by atoms with Gasteiger partial charge < -0.3 is 25.3 Å². The third-order valence-electron chi connectivity index (χ3n) is 5.37. The van der Waals surface area contributed by atoms with Gasteiger partial charge in [0.05, 0.1) is 13.2 Å². The number of aromatic amines is 1. The predicted molar refractivity (Wildman–Crippen MR) is 126 cm³/mol. The second-order valence-electron chi connectivity index (χ2n) is 7.60. The summed E-state index contributed by atoms with van der Waals surface area (Å²) < 4.78 is 4.96. The van der Waals surface area contributed by atoms with Gasteiger partial charge in [0.1, 0.15) is 0 Å². The van der Waals surface area contributed by atoms with E-state index in [0.717, 1.165) is 61.0 Å². The summed E-state index contributed by atoms with van der Waals surface area (Å²) in [7, 11) is 1.63. The molecular weight excluding hydrogens is 416 g/mol. The molecule has 31 heavy (non-hydrogen) atoms. The van der Waals surface area contributed by atoms with Crippen molar-refractivity contribution in [1.82, 2.24) is 25.4 Å². The number of benzene rings is 1. The SMILES string of the molecule is CCNC(=NCCc1c[nH]c2ccc(Cl)cc12)N1CCN(CC(=O)NCCOC)CC1. The van der Waals surface area contributed by atoms with Gasteiger partial charge in [0.2, 0.25) is 5.91 Å². The van der Waals surface area contributed by atoms with Crippen molar-refractivity contribution in [2.45, 2.75) is 13.3 Å². The smallest absolute Gasteiger partial charge is 0.234 e. The lowest BCUT2D eigenvalue weighted by Gasteiger charge is -2.36. The molecule has 9 heteroatoms. The molecule has 1 aromatic heterocycles. The van der Waals surface area contributed by atoms with Gasteiger partial charge in [-0.1, -0.05) is 11.6 Å². The fraction of sp³-hybridized carbons (Fsp3) is 0.545. The predicted octanol–water partition coefficient (Wildman–Crippen LogP) is 1.71. The van der Waals surface area contributed by atoms with E-state index in [4.69, 9.17) is 21.3 Å². The first kappa shape index (κ1) is 23.4. The molecule has 2 aromatic rings. The normalized spacial score (nSPS) is 15.5. The Labute approximate surface area is 189 Å². The van der Waals surface area contributed by atoms with Crippen LogP contribution in [0.3, 0.4) is 0 Å². The molecule has 1 amide bonds. The molecule has 0 aliphatic carbocycles. The van der Waals surface area contributed by atoms with Crippen molar-refractivity contribution in [3.05, 3.63) is 35.0 Å². The zero-order valence-corrected chi connectivity index (χ0v) is 19.2. The van der Waals surface area contributed by atoms with Gasteiger partial charge in [-0.3, -0.25) is 14.7 Å². The minimum atomic E-state index is 0.0462. The number of aliphatic imine (C=N–C) groups is 1. The van der Waals surface area contributed by atoms with Crippen LogP contribution in [0.5, 0.6) is 0 Å². The molecule has 0 unspecified atom stereocenters. The third-order valence-corrected chi connectivity index (χ3v) is 5.61. The van der Waals surface area contributed by atoms with Crippen molar-refractivity contribution < 1.29 is 9.53 Å². The molecule has 2 heterocycles. The molecule has 0 atom stereocenters. The van der Waals surface area contributed by atoms with E-state index in [1.165, 1.54) is 5.56 Å². The van der Waals surface area contributed by atoms with Gasteiger partial charge in [-0.25, -0.2) is 0 Å². The average molecular weight is 449 g/mol. The standard InChI is InChI=1S/C22H33ClN6O2/c1-3-24-22(26-7-6-17-15-27-20-5-4-18(23)14-19(17)20)29-11-9-28(10-12-29)16-21(30)25-8-13-31-2/h4-5,14-15,27H,3,6-13,16H2,1-2H3,(H,24,26)(H,25,30). The fourth-order valence-corrected chi connectivity index (χ4v) is 3.91. The number of methoxy groups -OCH3 is 1. The average Bonchev–Trinajstić information content (AvgIpc) is 3.16. The van der Waals surface area contributed by atoms with Crippen molar-refractivity contribution in [1.29, 1.82) is 0 Å². The van der Waals surface area contributed by atoms with Crippen LogP contribution in [0.15, 0.2) is 29.4 Å². The Balaban J connectivity index is 1.50. The number of hydrogen-bond acceptors (Lipinski definition) is 4. The Morgan fingerprint density at radius 3 is 2.81 bits per heavy atom. The third kappa shape index (κ3) is 6.85. The highest BCUT2D eigenvalue weighted by Gasteiger charge is 2.21. The number of amides is 1. The minimum absolute atomic E-state index is 0.0462. The van der Waals surface area contributed by atoms with E-state index in [2.05, 4.69) is 32.3 Å². The van der Waals surface area contributed by atoms with E-state index >= 15 is 0 Å². The van der Waals surface area contributed by atoms with Crippen LogP contribution in [0.2, 0.25) is 5.02 Å². The Morgan fingerprint density at radius 1 is 1.26 bits per heavy atom. The number of H-pyrrole nitrogens is 1. The van der Waals surface area contributed by atoms with Gasteiger partial charge in [0.25, 0.3) is 0 Å². The molecule has 3 N–H and O–H groups in total. The molecule has 1 fully saturated rings. The van der Waals surface area contributed by atoms with E-state index in [-0.39, 0.29) is 5.91 Å². The van der Waals surface area contributed by atoms with Crippen LogP contribution in [0, 0.1) is 0 Å². The summed E-state index contributed by atoms with van der Waals surface area (Å²) in [6, 6.07) is 5.91. The van der Waals surface area contributed by atoms with Crippen LogP contribution in [-0.4, -0.2) is 92.7 Å². The second kappa shape index (κ2) is 11.9. The lowest BCUT2D eigenvalue weighted by Crippen LogP contribution is -2.54. The topological polar surface area (TPSA) is 85.0 Å². The Morgan fingerprint density at radius 2 is 2.06 bits per heavy atom. The highest BCUT2D eigenvalue weighted by atomic mass is 35.5. The van der Waals surface area contributed by atoms with E-state index in [0.29, 0.717) is 26.2 Å². The molecule has 0 bridgehead atoms. The van der Waals surface area contributed by atoms with Gasteiger partial charge in [-0.2, -0.15) is 0 Å². The minimum Gasteiger partial charge on any atom is -0.383 e. The van der Waals surface area contributed by atoms with Crippen molar-refractivity contribution >= 4 is 34.4 Å². The van der Waals surface area contributed by atoms with Crippen molar-refractivity contribution in [2.24, 2.45) is 4.99 Å². The highest BCUT2D eigenvalue weighted by Crippen LogP contribution is 2.22. The van der Waals surface area contributed by atoms with E-state index in [9.17, 15) is 4.79 Å². The number of carbonyl (C=O) groups excluding carboxylic acids is 1. The van der Waals surface area contributed by atoms with Crippen LogP contribution in [0.4, 0.5) is 0 Å². The van der Waals surface area contributed by atoms with Gasteiger partial charge >= 0.3 is 0 Å². The lowest BCUT2D eigenvalue weighted by molar-refractivity contribution is -0.122. The number of hydrogen-bond donors (Lipinski definition) is 3. The summed E-state index contributed by atoms with van der Waals surface area (Å²) in [5, 5.41) is 8.18. The fourth-order valence-electron chi connectivity index (χ4n) is 3.73. The summed E-state index contributed by atoms with van der Waals surface area (Å²) in [6.07, 6.45) is 2.89. The maximum Gasteiger partial charge on any atom is 0.234 e. The van der Waals surface area contributed by atoms with E-state index in [1.54, 1.807) is 7.11 Å². The molecule has 3 rings (SSSR count). The number of carbonyl (C=O) groups is 1. The van der Waals surface area contributed by atoms with Crippen molar-refractivity contribution in [3.8, 4) is 0 Å². The van der Waals surface area contributed by atoms with Crippen LogP contribution >= 0.6 is 11.6 Å². The number of rotatable bonds is 9. The molecule has 0 radical (unpaired) electrons. The number of nitrogens with one attached hydrogen (secondary N) is 3. The zero-order valence-electron chi connectivity index (χ0n) is 18.4. The Bertz CT molecular complexity index is 876. The maximum absolute atomic E-state index is 12.0. The highest BCUT2D eigenvalue weighted by molar-refractivity contribution is 6.31. The first-order valence-corrected chi connectivity index (χ1v) is 11.2. The number of guanidine groups is 1. The monoisotopic (exact) mass is 448 g/mol. The van der Waals surface area contributed by atoms with Crippen LogP contribution in [0.1, 0.15) is 12.5 Å². The molecule has 1 aromatic carbocycles. The number of aromatic nitrogens is 1. The van der Waals surface area contributed by atoms with Gasteiger partial charge in [0, 0.05) is 75.0 Å². The van der Waals surface area contributed by atoms with Gasteiger partial charge in [-0.15, -0.1) is 0 Å². The first-order chi connectivity index (χ1) is 15.1. The first-order valence-electron chi connectivity index (χ1n) is 10.9. The Kier molecular flexibility index (Phi) is 8.99. The van der Waals surface area contributed by atoms with Crippen molar-refractivity contribution in [3.63, 3.8) is 0 Å². The zero-order chi connectivity index (χ0) is 22.1. The quantitative estimate of drug-likeness (QED) is 0.309. The summed E-state index contributed by atoms with van der Waals surface area (Å²) in [5.74, 6) is 0.981. The summed E-state index contributed by atoms with van der Waals surface area (Å²) in [4.78, 5) is 24.6. The largest absolute Gasteiger partial charge is 0.383 e. The van der Waals surface area contributed by atoms with E-state index in [1.807, 2.05) is 24.4 Å². The molecule has 1 aliphatic heterocycles. The molecule has 1 saturated heterocycles. The summed E-state index contributed by atoms with van der Waals surface area (Å²) in [6.45, 7) is 8.48. The number of nitrogens with zero attached hydrogens (tertiary/aromatic N) is 3. The Hall–Kier alpha value is -2.29. The van der Waals surface area contributed by atoms with Crippen LogP contribution in [0.25, 0.3) is 10.9 Å². The molecule has 0 saturated carbocycles. The molecule has 1 aliphatic rings. The number of halogens is 1. The molecule has 8 nitrogen and oxygen atoms in total. The summed E-state index contributed by atoms with van der Waals surface area (Å²) >= 11 is 6.16. The number of fused-ring (bicyclic) bond motifs is 1. The number of piperazine rings is 1. The van der Waals surface area contributed by atoms with Gasteiger partial charge in [-0.05, 0) is 37.1 Å². The van der Waals surface area contributed by atoms with E-state index < -0.39 is 0 Å². The van der Waals surface area contributed by atoms with Crippen LogP contribution < -0.4 is 10.6 Å².